The zero-order valence-electron chi connectivity index (χ0n) is 12.0. The van der Waals surface area contributed by atoms with Crippen LogP contribution in [0.2, 0.25) is 23.4 Å². The maximum absolute atomic E-state index is 6.17. The quantitative estimate of drug-likeness (QED) is 0.684. The first-order chi connectivity index (χ1) is 8.69. The number of aromatic nitrogens is 3. The molecule has 0 fully saturated rings. The summed E-state index contributed by atoms with van der Waals surface area (Å²) in [4.78, 5) is 11.3. The lowest BCUT2D eigenvalue weighted by Gasteiger charge is -2.36. The summed E-state index contributed by atoms with van der Waals surface area (Å²) in [6.45, 7) is 11.8. The highest BCUT2D eigenvalue weighted by atomic mass is 35.5. The molecule has 0 atom stereocenters. The highest BCUT2D eigenvalue weighted by Crippen LogP contribution is 2.37. The molecule has 4 nitrogen and oxygen atoms in total. The Hall–Kier alpha value is -0.913. The number of rotatable bonds is 3. The van der Waals surface area contributed by atoms with E-state index in [-0.39, 0.29) is 10.3 Å². The number of hydrogen-bond donors (Lipinski definition) is 1. The minimum Gasteiger partial charge on any atom is -0.411 e. The first-order valence-electron chi connectivity index (χ1n) is 6.33. The second kappa shape index (κ2) is 4.88. The minimum atomic E-state index is -1.73. The second-order valence-corrected chi connectivity index (χ2v) is 11.4. The predicted molar refractivity (Wildman–Crippen MR) is 80.9 cm³/mol. The molecule has 0 aromatic carbocycles. The minimum absolute atomic E-state index is 0.210. The van der Waals surface area contributed by atoms with Gasteiger partial charge in [0.25, 0.3) is 0 Å². The van der Waals surface area contributed by atoms with Gasteiger partial charge in [-0.25, -0.2) is 4.98 Å². The molecule has 2 aromatic heterocycles. The average Bonchev–Trinajstić information content (AvgIpc) is 2.67. The van der Waals surface area contributed by atoms with E-state index in [0.29, 0.717) is 6.61 Å². The topological polar surface area (TPSA) is 50.8 Å². The third kappa shape index (κ3) is 3.16. The van der Waals surface area contributed by atoms with Crippen molar-refractivity contribution in [3.63, 3.8) is 0 Å². The Balaban J connectivity index is 2.14. The van der Waals surface area contributed by atoms with Gasteiger partial charge < -0.3 is 9.41 Å². The Morgan fingerprint density at radius 3 is 2.68 bits per heavy atom. The smallest absolute Gasteiger partial charge is 0.224 e. The molecule has 104 valence electrons. The standard InChI is InChI=1S/C13H20ClN3OSi/c1-13(2,3)19(4,5)18-8-10-6-9-7-15-12(14)17-11(9)16-10/h6-7H,8H2,1-5H3,(H,15,16,17). The van der Waals surface area contributed by atoms with Crippen LogP contribution in [0.15, 0.2) is 12.3 Å². The van der Waals surface area contributed by atoms with Crippen LogP contribution in [-0.4, -0.2) is 23.3 Å². The van der Waals surface area contributed by atoms with Gasteiger partial charge in [-0.2, -0.15) is 4.98 Å². The highest BCUT2D eigenvalue weighted by molar-refractivity contribution is 6.74. The maximum Gasteiger partial charge on any atom is 0.224 e. The van der Waals surface area contributed by atoms with Gasteiger partial charge in [0.1, 0.15) is 5.65 Å². The van der Waals surface area contributed by atoms with Crippen molar-refractivity contribution in [1.82, 2.24) is 15.0 Å². The molecule has 0 aliphatic heterocycles. The van der Waals surface area contributed by atoms with Crippen LogP contribution in [0.25, 0.3) is 11.0 Å². The van der Waals surface area contributed by atoms with E-state index in [1.807, 2.05) is 6.07 Å². The van der Waals surface area contributed by atoms with Gasteiger partial charge >= 0.3 is 0 Å². The predicted octanol–water partition coefficient (Wildman–Crippen LogP) is 4.13. The second-order valence-electron chi connectivity index (χ2n) is 6.29. The number of hydrogen-bond acceptors (Lipinski definition) is 3. The number of halogens is 1. The molecular formula is C13H20ClN3OSi. The molecule has 2 aromatic rings. The molecule has 0 amide bonds. The average molecular weight is 298 g/mol. The van der Waals surface area contributed by atoms with E-state index in [9.17, 15) is 0 Å². The molecule has 0 spiro atoms. The zero-order chi connectivity index (χ0) is 14.3. The van der Waals surface area contributed by atoms with Gasteiger partial charge in [-0.1, -0.05) is 20.8 Å². The van der Waals surface area contributed by atoms with Crippen molar-refractivity contribution in [2.24, 2.45) is 0 Å². The molecule has 0 bridgehead atoms. The van der Waals surface area contributed by atoms with E-state index in [0.717, 1.165) is 16.7 Å². The summed E-state index contributed by atoms with van der Waals surface area (Å²) in [5.41, 5.74) is 1.77. The van der Waals surface area contributed by atoms with E-state index in [1.165, 1.54) is 0 Å². The molecule has 6 heteroatoms. The number of aromatic amines is 1. The van der Waals surface area contributed by atoms with Crippen LogP contribution in [0, 0.1) is 0 Å². The van der Waals surface area contributed by atoms with Gasteiger partial charge in [0.05, 0.1) is 6.61 Å². The van der Waals surface area contributed by atoms with E-state index in [1.54, 1.807) is 6.20 Å². The normalized spacial score (nSPS) is 13.2. The van der Waals surface area contributed by atoms with Crippen molar-refractivity contribution < 1.29 is 4.43 Å². The Morgan fingerprint density at radius 2 is 2.05 bits per heavy atom. The summed E-state index contributed by atoms with van der Waals surface area (Å²) in [5.74, 6) is 0. The van der Waals surface area contributed by atoms with Crippen LogP contribution >= 0.6 is 11.6 Å². The Labute approximate surface area is 119 Å². The number of nitrogens with one attached hydrogen (secondary N) is 1. The summed E-state index contributed by atoms with van der Waals surface area (Å²) in [5, 5.41) is 1.42. The first kappa shape index (κ1) is 14.5. The van der Waals surface area contributed by atoms with Gasteiger partial charge in [0.2, 0.25) is 5.28 Å². The fourth-order valence-corrected chi connectivity index (χ4v) is 2.59. The van der Waals surface area contributed by atoms with Crippen molar-refractivity contribution in [2.75, 3.05) is 0 Å². The number of fused-ring (bicyclic) bond motifs is 1. The van der Waals surface area contributed by atoms with Crippen LogP contribution in [0.1, 0.15) is 26.5 Å². The summed E-state index contributed by atoms with van der Waals surface area (Å²) in [6, 6.07) is 2.01. The fraction of sp³-hybridized carbons (Fsp3) is 0.538. The zero-order valence-corrected chi connectivity index (χ0v) is 13.8. The maximum atomic E-state index is 6.17. The van der Waals surface area contributed by atoms with Crippen LogP contribution in [-0.2, 0) is 11.0 Å². The van der Waals surface area contributed by atoms with E-state index in [4.69, 9.17) is 16.0 Å². The molecular weight excluding hydrogens is 278 g/mol. The highest BCUT2D eigenvalue weighted by Gasteiger charge is 2.37. The van der Waals surface area contributed by atoms with Gasteiger partial charge in [0.15, 0.2) is 8.32 Å². The SMILES string of the molecule is CC(C)(C)[Si](C)(C)OCc1cc2cnc(Cl)nc2[nH]1. The van der Waals surface area contributed by atoms with Gasteiger partial charge in [-0.3, -0.25) is 0 Å². The lowest BCUT2D eigenvalue weighted by atomic mass is 10.2. The molecule has 2 rings (SSSR count). The van der Waals surface area contributed by atoms with Gasteiger partial charge in [-0.05, 0) is 35.8 Å². The lowest BCUT2D eigenvalue weighted by Crippen LogP contribution is -2.40. The lowest BCUT2D eigenvalue weighted by molar-refractivity contribution is 0.273. The Morgan fingerprint density at radius 1 is 1.37 bits per heavy atom. The van der Waals surface area contributed by atoms with Crippen LogP contribution in [0.4, 0.5) is 0 Å². The monoisotopic (exact) mass is 297 g/mol. The van der Waals surface area contributed by atoms with Crippen molar-refractivity contribution in [3.8, 4) is 0 Å². The molecule has 0 radical (unpaired) electrons. The summed E-state index contributed by atoms with van der Waals surface area (Å²) in [6.07, 6.45) is 1.72. The van der Waals surface area contributed by atoms with E-state index in [2.05, 4.69) is 48.8 Å². The molecule has 0 unspecified atom stereocenters. The third-order valence-corrected chi connectivity index (χ3v) is 8.45. The van der Waals surface area contributed by atoms with Gasteiger partial charge in [-0.15, -0.1) is 0 Å². The van der Waals surface area contributed by atoms with Crippen LogP contribution < -0.4 is 0 Å². The van der Waals surface area contributed by atoms with Crippen molar-refractivity contribution >= 4 is 31.0 Å². The molecule has 0 aliphatic rings. The third-order valence-electron chi connectivity index (χ3n) is 3.79. The molecule has 0 saturated heterocycles. The van der Waals surface area contributed by atoms with Crippen molar-refractivity contribution in [2.45, 2.75) is 45.5 Å². The van der Waals surface area contributed by atoms with Crippen molar-refractivity contribution in [3.05, 3.63) is 23.2 Å². The van der Waals surface area contributed by atoms with Crippen molar-refractivity contribution in [1.29, 1.82) is 0 Å². The molecule has 19 heavy (non-hydrogen) atoms. The van der Waals surface area contributed by atoms with Gasteiger partial charge in [0, 0.05) is 17.3 Å². The largest absolute Gasteiger partial charge is 0.411 e. The van der Waals surface area contributed by atoms with E-state index < -0.39 is 8.32 Å². The molecule has 0 saturated carbocycles. The molecule has 0 aliphatic carbocycles. The summed E-state index contributed by atoms with van der Waals surface area (Å²) >= 11 is 5.77. The molecule has 2 heterocycles. The molecule has 1 N–H and O–H groups in total. The van der Waals surface area contributed by atoms with Crippen LogP contribution in [0.5, 0.6) is 0 Å². The number of nitrogens with zero attached hydrogens (tertiary/aromatic N) is 2. The summed E-state index contributed by atoms with van der Waals surface area (Å²) in [7, 11) is -1.73. The van der Waals surface area contributed by atoms with Crippen LogP contribution in [0.3, 0.4) is 0 Å². The number of H-pyrrole nitrogens is 1. The first-order valence-corrected chi connectivity index (χ1v) is 9.62. The fourth-order valence-electron chi connectivity index (χ4n) is 1.50. The summed E-state index contributed by atoms with van der Waals surface area (Å²) < 4.78 is 6.17. The Kier molecular flexibility index (Phi) is 3.73. The Bertz CT molecular complexity index is 589. The van der Waals surface area contributed by atoms with E-state index >= 15 is 0 Å².